The van der Waals surface area contributed by atoms with E-state index in [0.717, 1.165) is 18.7 Å². The molecule has 200 valence electrons. The fourth-order valence-electron chi connectivity index (χ4n) is 4.85. The highest BCUT2D eigenvalue weighted by Crippen LogP contribution is 2.14. The van der Waals surface area contributed by atoms with Crippen LogP contribution in [0.15, 0.2) is 41.3 Å². The zero-order valence-corrected chi connectivity index (χ0v) is 22.0. The van der Waals surface area contributed by atoms with Crippen LogP contribution in [0.25, 0.3) is 5.69 Å². The summed E-state index contributed by atoms with van der Waals surface area (Å²) in [6.07, 6.45) is 7.86. The van der Waals surface area contributed by atoms with Gasteiger partial charge in [-0.3, -0.25) is 14.7 Å². The van der Waals surface area contributed by atoms with Gasteiger partial charge in [-0.25, -0.2) is 9.59 Å². The van der Waals surface area contributed by atoms with Gasteiger partial charge in [0.15, 0.2) is 0 Å². The molecule has 0 unspecified atom stereocenters. The zero-order valence-electron chi connectivity index (χ0n) is 22.0. The van der Waals surface area contributed by atoms with E-state index in [1.165, 1.54) is 48.9 Å². The van der Waals surface area contributed by atoms with Crippen LogP contribution in [-0.4, -0.2) is 87.5 Å². The number of benzene rings is 1. The lowest BCUT2D eigenvalue weighted by Gasteiger charge is -2.37. The SMILES string of the molecule is CC(C)(N)C(=O)N1CCN(C(=O)Nc2ccn(-c3ccc(CCN4CCCCCC4)cc3)c(=O)n2)CC1. The van der Waals surface area contributed by atoms with Crippen molar-refractivity contribution >= 4 is 17.8 Å². The second kappa shape index (κ2) is 11.9. The summed E-state index contributed by atoms with van der Waals surface area (Å²) in [5.41, 5.74) is 6.48. The van der Waals surface area contributed by atoms with E-state index in [-0.39, 0.29) is 17.8 Å². The lowest BCUT2D eigenvalue weighted by Crippen LogP contribution is -2.58. The van der Waals surface area contributed by atoms with Crippen molar-refractivity contribution < 1.29 is 9.59 Å². The van der Waals surface area contributed by atoms with Crippen LogP contribution in [0.1, 0.15) is 45.1 Å². The van der Waals surface area contributed by atoms with Crippen molar-refractivity contribution in [3.8, 4) is 5.69 Å². The van der Waals surface area contributed by atoms with Crippen LogP contribution in [-0.2, 0) is 11.2 Å². The van der Waals surface area contributed by atoms with Gasteiger partial charge in [-0.1, -0.05) is 25.0 Å². The summed E-state index contributed by atoms with van der Waals surface area (Å²) in [6, 6.07) is 9.25. The number of carbonyl (C=O) groups is 2. The van der Waals surface area contributed by atoms with Crippen LogP contribution in [0.5, 0.6) is 0 Å². The standard InChI is InChI=1S/C27H39N7O3/c1-27(2,28)24(35)32-17-19-33(20-18-32)25(36)29-23-12-16-34(26(37)30-23)22-9-7-21(8-10-22)11-15-31-13-5-3-4-6-14-31/h7-10,12,16H,3-6,11,13-15,17-20,28H2,1-2H3,(H,29,30,36,37). The quantitative estimate of drug-likeness (QED) is 0.616. The van der Waals surface area contributed by atoms with Crippen molar-refractivity contribution in [2.24, 2.45) is 5.73 Å². The zero-order chi connectivity index (χ0) is 26.4. The number of carbonyl (C=O) groups excluding carboxylic acids is 2. The van der Waals surface area contributed by atoms with Gasteiger partial charge in [0, 0.05) is 38.9 Å². The first-order chi connectivity index (χ1) is 17.7. The van der Waals surface area contributed by atoms with Crippen LogP contribution in [0, 0.1) is 0 Å². The molecule has 10 heteroatoms. The Morgan fingerprint density at radius 2 is 1.54 bits per heavy atom. The predicted octanol–water partition coefficient (Wildman–Crippen LogP) is 2.06. The van der Waals surface area contributed by atoms with Gasteiger partial charge in [-0.2, -0.15) is 4.98 Å². The summed E-state index contributed by atoms with van der Waals surface area (Å²) in [4.78, 5) is 47.6. The molecule has 3 amide bonds. The Kier molecular flexibility index (Phi) is 8.60. The number of nitrogens with one attached hydrogen (secondary N) is 1. The number of aromatic nitrogens is 2. The van der Waals surface area contributed by atoms with Crippen LogP contribution in [0.3, 0.4) is 0 Å². The molecule has 3 N–H and O–H groups in total. The molecular weight excluding hydrogens is 470 g/mol. The van der Waals surface area contributed by atoms with Gasteiger partial charge in [-0.15, -0.1) is 0 Å². The lowest BCUT2D eigenvalue weighted by atomic mass is 10.1. The van der Waals surface area contributed by atoms with Gasteiger partial charge in [0.05, 0.1) is 11.2 Å². The van der Waals surface area contributed by atoms with E-state index >= 15 is 0 Å². The van der Waals surface area contributed by atoms with Crippen LogP contribution in [0.4, 0.5) is 10.6 Å². The van der Waals surface area contributed by atoms with Crippen molar-refractivity contribution in [3.63, 3.8) is 0 Å². The monoisotopic (exact) mass is 509 g/mol. The Labute approximate surface area is 218 Å². The number of nitrogens with zero attached hydrogens (tertiary/aromatic N) is 5. The van der Waals surface area contributed by atoms with E-state index in [4.69, 9.17) is 5.73 Å². The van der Waals surface area contributed by atoms with Gasteiger partial charge in [-0.05, 0) is 70.0 Å². The van der Waals surface area contributed by atoms with Crippen molar-refractivity contribution in [1.29, 1.82) is 0 Å². The third-order valence-corrected chi connectivity index (χ3v) is 7.07. The Morgan fingerprint density at radius 1 is 0.919 bits per heavy atom. The molecule has 0 bridgehead atoms. The van der Waals surface area contributed by atoms with E-state index in [9.17, 15) is 14.4 Å². The average molecular weight is 510 g/mol. The fraction of sp³-hybridized carbons (Fsp3) is 0.556. The van der Waals surface area contributed by atoms with Gasteiger partial charge in [0.25, 0.3) is 0 Å². The smallest absolute Gasteiger partial charge is 0.338 e. The first kappa shape index (κ1) is 26.8. The van der Waals surface area contributed by atoms with Crippen molar-refractivity contribution in [3.05, 3.63) is 52.6 Å². The number of amides is 3. The second-order valence-corrected chi connectivity index (χ2v) is 10.6. The maximum absolute atomic E-state index is 12.7. The summed E-state index contributed by atoms with van der Waals surface area (Å²) in [7, 11) is 0. The molecule has 2 aromatic rings. The van der Waals surface area contributed by atoms with Crippen LogP contribution < -0.4 is 16.7 Å². The van der Waals surface area contributed by atoms with Crippen molar-refractivity contribution in [2.45, 2.75) is 51.5 Å². The number of hydrogen-bond acceptors (Lipinski definition) is 6. The topological polar surface area (TPSA) is 117 Å². The number of anilines is 1. The van der Waals surface area contributed by atoms with Crippen LogP contribution in [0.2, 0.25) is 0 Å². The molecule has 3 heterocycles. The Bertz CT molecular complexity index is 1120. The van der Waals surface area contributed by atoms with E-state index in [0.29, 0.717) is 26.2 Å². The molecule has 1 aromatic carbocycles. The normalized spacial score (nSPS) is 17.4. The van der Waals surface area contributed by atoms with E-state index in [2.05, 4.69) is 27.3 Å². The Hall–Kier alpha value is -3.24. The Morgan fingerprint density at radius 3 is 2.14 bits per heavy atom. The number of hydrogen-bond donors (Lipinski definition) is 2. The third-order valence-electron chi connectivity index (χ3n) is 7.07. The minimum absolute atomic E-state index is 0.136. The molecule has 2 saturated heterocycles. The minimum atomic E-state index is -0.939. The average Bonchev–Trinajstić information content (AvgIpc) is 3.16. The third kappa shape index (κ3) is 7.17. The van der Waals surface area contributed by atoms with E-state index in [1.807, 2.05) is 12.1 Å². The summed E-state index contributed by atoms with van der Waals surface area (Å²) >= 11 is 0. The maximum atomic E-state index is 12.7. The molecule has 2 aliphatic heterocycles. The van der Waals surface area contributed by atoms with Crippen molar-refractivity contribution in [1.82, 2.24) is 24.3 Å². The van der Waals surface area contributed by atoms with Gasteiger partial charge < -0.3 is 20.4 Å². The fourth-order valence-corrected chi connectivity index (χ4v) is 4.85. The Balaban J connectivity index is 1.30. The highest BCUT2D eigenvalue weighted by Gasteiger charge is 2.31. The maximum Gasteiger partial charge on any atom is 0.354 e. The molecule has 0 saturated carbocycles. The molecule has 0 aliphatic carbocycles. The van der Waals surface area contributed by atoms with E-state index in [1.54, 1.807) is 35.9 Å². The highest BCUT2D eigenvalue weighted by molar-refractivity contribution is 5.89. The largest absolute Gasteiger partial charge is 0.354 e. The molecule has 0 spiro atoms. The molecule has 0 atom stereocenters. The summed E-state index contributed by atoms with van der Waals surface area (Å²) < 4.78 is 1.47. The molecule has 0 radical (unpaired) electrons. The van der Waals surface area contributed by atoms with Gasteiger partial charge in [0.2, 0.25) is 5.91 Å². The lowest BCUT2D eigenvalue weighted by molar-refractivity contribution is -0.137. The summed E-state index contributed by atoms with van der Waals surface area (Å²) in [5.74, 6) is 0.0604. The summed E-state index contributed by atoms with van der Waals surface area (Å²) in [5, 5.41) is 2.70. The molecule has 2 fully saturated rings. The number of likely N-dealkylation sites (tertiary alicyclic amines) is 1. The second-order valence-electron chi connectivity index (χ2n) is 10.6. The van der Waals surface area contributed by atoms with Crippen molar-refractivity contribution in [2.75, 3.05) is 51.1 Å². The number of nitrogens with two attached hydrogens (primary N) is 1. The molecule has 2 aliphatic rings. The highest BCUT2D eigenvalue weighted by atomic mass is 16.2. The van der Waals surface area contributed by atoms with Crippen LogP contribution >= 0.6 is 0 Å². The first-order valence-corrected chi connectivity index (χ1v) is 13.3. The number of piperazine rings is 1. The first-order valence-electron chi connectivity index (χ1n) is 13.3. The number of rotatable bonds is 6. The molecule has 37 heavy (non-hydrogen) atoms. The molecular formula is C27H39N7O3. The molecule has 4 rings (SSSR count). The van der Waals surface area contributed by atoms with E-state index < -0.39 is 11.2 Å². The van der Waals surface area contributed by atoms with Gasteiger partial charge >= 0.3 is 11.7 Å². The summed E-state index contributed by atoms with van der Waals surface area (Å²) in [6.45, 7) is 8.37. The predicted molar refractivity (Wildman–Crippen MR) is 144 cm³/mol. The minimum Gasteiger partial charge on any atom is -0.338 e. The molecule has 1 aromatic heterocycles. The van der Waals surface area contributed by atoms with Gasteiger partial charge in [0.1, 0.15) is 5.82 Å². The number of urea groups is 1. The molecule has 10 nitrogen and oxygen atoms in total.